The third-order valence-corrected chi connectivity index (χ3v) is 4.57. The Kier molecular flexibility index (Phi) is 3.97. The third kappa shape index (κ3) is 2.67. The van der Waals surface area contributed by atoms with Gasteiger partial charge in [0.1, 0.15) is 0 Å². The number of nitrogens with zero attached hydrogens (tertiary/aromatic N) is 1. The molecular formula is C15H22F2N2. The van der Waals surface area contributed by atoms with Crippen LogP contribution in [0.2, 0.25) is 0 Å². The Balaban J connectivity index is 2.29. The molecule has 0 atom stereocenters. The molecule has 1 aromatic carbocycles. The normalized spacial score (nSPS) is 18.3. The zero-order valence-corrected chi connectivity index (χ0v) is 11.6. The van der Waals surface area contributed by atoms with Crippen LogP contribution in [-0.4, -0.2) is 13.1 Å². The molecule has 0 aromatic heterocycles. The second kappa shape index (κ2) is 5.35. The maximum Gasteiger partial charge on any atom is 0.265 e. The SMILES string of the molecule is CCC1(CC)CCN(c2ccc(N)cc2C(F)F)C1. The molecule has 1 aliphatic heterocycles. The summed E-state index contributed by atoms with van der Waals surface area (Å²) in [5.74, 6) is 0. The topological polar surface area (TPSA) is 29.3 Å². The molecule has 0 saturated carbocycles. The molecular weight excluding hydrogens is 246 g/mol. The molecule has 2 N–H and O–H groups in total. The average molecular weight is 268 g/mol. The van der Waals surface area contributed by atoms with Gasteiger partial charge in [0, 0.05) is 30.0 Å². The predicted molar refractivity (Wildman–Crippen MR) is 75.7 cm³/mol. The lowest BCUT2D eigenvalue weighted by molar-refractivity contribution is 0.152. The zero-order chi connectivity index (χ0) is 14.0. The van der Waals surface area contributed by atoms with E-state index in [1.807, 2.05) is 0 Å². The van der Waals surface area contributed by atoms with Crippen molar-refractivity contribution in [3.63, 3.8) is 0 Å². The van der Waals surface area contributed by atoms with Crippen LogP contribution >= 0.6 is 0 Å². The van der Waals surface area contributed by atoms with Crippen LogP contribution in [0.15, 0.2) is 18.2 Å². The van der Waals surface area contributed by atoms with Crippen LogP contribution in [0.5, 0.6) is 0 Å². The first-order valence-corrected chi connectivity index (χ1v) is 6.94. The van der Waals surface area contributed by atoms with Crippen LogP contribution in [0.25, 0.3) is 0 Å². The van der Waals surface area contributed by atoms with E-state index >= 15 is 0 Å². The number of hydrogen-bond acceptors (Lipinski definition) is 2. The van der Waals surface area contributed by atoms with Gasteiger partial charge in [-0.15, -0.1) is 0 Å². The lowest BCUT2D eigenvalue weighted by Crippen LogP contribution is -2.26. The van der Waals surface area contributed by atoms with Crippen LogP contribution < -0.4 is 10.6 Å². The molecule has 0 bridgehead atoms. The number of nitrogens with two attached hydrogens (primary N) is 1. The van der Waals surface area contributed by atoms with Gasteiger partial charge in [0.05, 0.1) is 0 Å². The number of nitrogen functional groups attached to an aromatic ring is 1. The highest BCUT2D eigenvalue weighted by Gasteiger charge is 2.36. The molecule has 0 radical (unpaired) electrons. The maximum atomic E-state index is 13.1. The van der Waals surface area contributed by atoms with Crippen molar-refractivity contribution in [2.45, 2.75) is 39.5 Å². The first-order chi connectivity index (χ1) is 9.01. The van der Waals surface area contributed by atoms with Gasteiger partial charge in [0.25, 0.3) is 6.43 Å². The van der Waals surface area contributed by atoms with Crippen LogP contribution in [0.4, 0.5) is 20.2 Å². The average Bonchev–Trinajstić information content (AvgIpc) is 2.83. The van der Waals surface area contributed by atoms with E-state index < -0.39 is 6.43 Å². The van der Waals surface area contributed by atoms with Gasteiger partial charge in [-0.2, -0.15) is 0 Å². The number of benzene rings is 1. The number of anilines is 2. The molecule has 1 heterocycles. The van der Waals surface area contributed by atoms with Gasteiger partial charge >= 0.3 is 0 Å². The fourth-order valence-electron chi connectivity index (χ4n) is 3.00. The van der Waals surface area contributed by atoms with Crippen LogP contribution in [0.3, 0.4) is 0 Å². The third-order valence-electron chi connectivity index (χ3n) is 4.57. The first kappa shape index (κ1) is 14.1. The summed E-state index contributed by atoms with van der Waals surface area (Å²) in [6.07, 6.45) is 0.794. The van der Waals surface area contributed by atoms with Crippen molar-refractivity contribution in [1.29, 1.82) is 0 Å². The van der Waals surface area contributed by atoms with Crippen molar-refractivity contribution in [1.82, 2.24) is 0 Å². The van der Waals surface area contributed by atoms with Crippen molar-refractivity contribution in [3.8, 4) is 0 Å². The predicted octanol–water partition coefficient (Wildman–Crippen LogP) is 4.22. The molecule has 1 aliphatic rings. The van der Waals surface area contributed by atoms with Gasteiger partial charge in [-0.25, -0.2) is 8.78 Å². The van der Waals surface area contributed by atoms with Crippen molar-refractivity contribution >= 4 is 11.4 Å². The van der Waals surface area contributed by atoms with Crippen LogP contribution in [-0.2, 0) is 0 Å². The summed E-state index contributed by atoms with van der Waals surface area (Å²) in [7, 11) is 0. The molecule has 1 fully saturated rings. The number of alkyl halides is 2. The molecule has 2 rings (SSSR count). The first-order valence-electron chi connectivity index (χ1n) is 6.94. The Labute approximate surface area is 113 Å². The van der Waals surface area contributed by atoms with E-state index in [9.17, 15) is 8.78 Å². The van der Waals surface area contributed by atoms with E-state index in [1.54, 1.807) is 12.1 Å². The summed E-state index contributed by atoms with van der Waals surface area (Å²) < 4.78 is 26.3. The number of rotatable bonds is 4. The Morgan fingerprint density at radius 3 is 2.53 bits per heavy atom. The molecule has 1 aromatic rings. The summed E-state index contributed by atoms with van der Waals surface area (Å²) >= 11 is 0. The molecule has 0 spiro atoms. The van der Waals surface area contributed by atoms with Gasteiger partial charge in [-0.3, -0.25) is 0 Å². The second-order valence-corrected chi connectivity index (χ2v) is 5.50. The summed E-state index contributed by atoms with van der Waals surface area (Å²) in [5.41, 5.74) is 7.00. The quantitative estimate of drug-likeness (QED) is 0.828. The second-order valence-electron chi connectivity index (χ2n) is 5.50. The molecule has 19 heavy (non-hydrogen) atoms. The van der Waals surface area contributed by atoms with Gasteiger partial charge in [-0.1, -0.05) is 13.8 Å². The van der Waals surface area contributed by atoms with E-state index in [0.29, 0.717) is 11.4 Å². The fourth-order valence-corrected chi connectivity index (χ4v) is 3.00. The van der Waals surface area contributed by atoms with Crippen LogP contribution in [0.1, 0.15) is 45.1 Å². The minimum absolute atomic E-state index is 0.0583. The highest BCUT2D eigenvalue weighted by molar-refractivity contribution is 5.61. The van der Waals surface area contributed by atoms with E-state index in [2.05, 4.69) is 18.7 Å². The largest absolute Gasteiger partial charge is 0.399 e. The molecule has 0 unspecified atom stereocenters. The molecule has 4 heteroatoms. The molecule has 106 valence electrons. The van der Waals surface area contributed by atoms with Crippen LogP contribution in [0, 0.1) is 5.41 Å². The van der Waals surface area contributed by atoms with E-state index in [4.69, 9.17) is 5.73 Å². The summed E-state index contributed by atoms with van der Waals surface area (Å²) in [6, 6.07) is 4.84. The molecule has 0 amide bonds. The summed E-state index contributed by atoms with van der Waals surface area (Å²) in [4.78, 5) is 2.09. The number of hydrogen-bond donors (Lipinski definition) is 1. The number of halogens is 2. The van der Waals surface area contributed by atoms with E-state index in [0.717, 1.165) is 32.4 Å². The Bertz CT molecular complexity index is 442. The monoisotopic (exact) mass is 268 g/mol. The van der Waals surface area contributed by atoms with Gasteiger partial charge in [0.15, 0.2) is 0 Å². The highest BCUT2D eigenvalue weighted by Crippen LogP contribution is 2.41. The van der Waals surface area contributed by atoms with Gasteiger partial charge in [0.2, 0.25) is 0 Å². The summed E-state index contributed by atoms with van der Waals surface area (Å²) in [6.45, 7) is 6.09. The standard InChI is InChI=1S/C15H22F2N2/c1-3-15(4-2)7-8-19(10-15)13-6-5-11(18)9-12(13)14(16)17/h5-6,9,14H,3-4,7-8,10,18H2,1-2H3. The molecule has 2 nitrogen and oxygen atoms in total. The Morgan fingerprint density at radius 2 is 2.00 bits per heavy atom. The Morgan fingerprint density at radius 1 is 1.32 bits per heavy atom. The van der Waals surface area contributed by atoms with Gasteiger partial charge < -0.3 is 10.6 Å². The van der Waals surface area contributed by atoms with Crippen molar-refractivity contribution < 1.29 is 8.78 Å². The minimum atomic E-state index is -2.48. The smallest absolute Gasteiger partial charge is 0.265 e. The lowest BCUT2D eigenvalue weighted by Gasteiger charge is -2.28. The van der Waals surface area contributed by atoms with E-state index in [-0.39, 0.29) is 11.0 Å². The Hall–Kier alpha value is -1.32. The maximum absolute atomic E-state index is 13.1. The van der Waals surface area contributed by atoms with Gasteiger partial charge in [-0.05, 0) is 42.9 Å². The van der Waals surface area contributed by atoms with E-state index in [1.165, 1.54) is 6.07 Å². The fraction of sp³-hybridized carbons (Fsp3) is 0.600. The minimum Gasteiger partial charge on any atom is -0.399 e. The van der Waals surface area contributed by atoms with Crippen molar-refractivity contribution in [2.24, 2.45) is 5.41 Å². The highest BCUT2D eigenvalue weighted by atomic mass is 19.3. The van der Waals surface area contributed by atoms with Crippen molar-refractivity contribution in [3.05, 3.63) is 23.8 Å². The molecule has 0 aliphatic carbocycles. The van der Waals surface area contributed by atoms with Crippen molar-refractivity contribution in [2.75, 3.05) is 23.7 Å². The summed E-state index contributed by atoms with van der Waals surface area (Å²) in [5, 5.41) is 0. The molecule has 1 saturated heterocycles. The lowest BCUT2D eigenvalue weighted by atomic mass is 9.82. The zero-order valence-electron chi connectivity index (χ0n) is 11.6.